The Labute approximate surface area is 89.5 Å². The summed E-state index contributed by atoms with van der Waals surface area (Å²) in [5, 5.41) is 11.8. The molecule has 0 fully saturated rings. The highest BCUT2D eigenvalue weighted by Gasteiger charge is 2.08. The number of hydrogen-bond donors (Lipinski definition) is 2. The standard InChI is InChI=1S/C11H16N2O2/c1-3-13(2)11(15)12-10-7-5-4-6-9(10)8-14/h4-7,14H,3,8H2,1-2H3,(H,12,15). The molecule has 4 heteroatoms. The number of aliphatic hydroxyl groups excluding tert-OH is 1. The zero-order valence-corrected chi connectivity index (χ0v) is 9.03. The molecule has 15 heavy (non-hydrogen) atoms. The average Bonchev–Trinajstić information content (AvgIpc) is 2.28. The summed E-state index contributed by atoms with van der Waals surface area (Å²) < 4.78 is 0. The maximum Gasteiger partial charge on any atom is 0.321 e. The lowest BCUT2D eigenvalue weighted by molar-refractivity contribution is 0.224. The summed E-state index contributed by atoms with van der Waals surface area (Å²) in [5.41, 5.74) is 1.38. The number of benzene rings is 1. The van der Waals surface area contributed by atoms with Crippen molar-refractivity contribution in [3.63, 3.8) is 0 Å². The molecule has 0 atom stereocenters. The Morgan fingerprint density at radius 3 is 2.73 bits per heavy atom. The number of urea groups is 1. The maximum atomic E-state index is 11.5. The first-order valence-electron chi connectivity index (χ1n) is 4.90. The van der Waals surface area contributed by atoms with Crippen LogP contribution in [0.25, 0.3) is 0 Å². The quantitative estimate of drug-likeness (QED) is 0.793. The average molecular weight is 208 g/mol. The van der Waals surface area contributed by atoms with E-state index in [0.717, 1.165) is 5.56 Å². The maximum absolute atomic E-state index is 11.5. The molecule has 0 spiro atoms. The lowest BCUT2D eigenvalue weighted by atomic mass is 10.2. The summed E-state index contributed by atoms with van der Waals surface area (Å²) in [6.07, 6.45) is 0. The fourth-order valence-electron chi connectivity index (χ4n) is 1.13. The number of para-hydroxylation sites is 1. The molecule has 0 aromatic heterocycles. The second-order valence-corrected chi connectivity index (χ2v) is 3.26. The van der Waals surface area contributed by atoms with Gasteiger partial charge in [-0.1, -0.05) is 18.2 Å². The Bertz CT molecular complexity index is 339. The molecule has 2 amide bonds. The summed E-state index contributed by atoms with van der Waals surface area (Å²) >= 11 is 0. The highest BCUT2D eigenvalue weighted by Crippen LogP contribution is 2.14. The third kappa shape index (κ3) is 2.95. The number of nitrogens with one attached hydrogen (secondary N) is 1. The molecular weight excluding hydrogens is 192 g/mol. The molecule has 0 aliphatic rings. The molecule has 1 aromatic carbocycles. The number of carbonyl (C=O) groups is 1. The Balaban J connectivity index is 2.76. The SMILES string of the molecule is CCN(C)C(=O)Nc1ccccc1CO. The summed E-state index contributed by atoms with van der Waals surface area (Å²) in [5.74, 6) is 0. The Hall–Kier alpha value is -1.55. The fourth-order valence-corrected chi connectivity index (χ4v) is 1.13. The minimum atomic E-state index is -0.168. The van der Waals surface area contributed by atoms with Gasteiger partial charge in [-0.05, 0) is 13.0 Å². The second kappa shape index (κ2) is 5.36. The molecule has 0 bridgehead atoms. The van der Waals surface area contributed by atoms with Gasteiger partial charge in [-0.2, -0.15) is 0 Å². The predicted molar refractivity (Wildman–Crippen MR) is 59.7 cm³/mol. The molecular formula is C11H16N2O2. The van der Waals surface area contributed by atoms with Crippen LogP contribution in [0.3, 0.4) is 0 Å². The van der Waals surface area contributed by atoms with E-state index in [2.05, 4.69) is 5.32 Å². The number of anilines is 1. The summed E-state index contributed by atoms with van der Waals surface area (Å²) in [4.78, 5) is 13.1. The molecule has 2 N–H and O–H groups in total. The van der Waals surface area contributed by atoms with Gasteiger partial charge in [0.1, 0.15) is 0 Å². The molecule has 0 unspecified atom stereocenters. The lowest BCUT2D eigenvalue weighted by Gasteiger charge is -2.16. The van der Waals surface area contributed by atoms with Gasteiger partial charge in [-0.15, -0.1) is 0 Å². The van der Waals surface area contributed by atoms with Gasteiger partial charge < -0.3 is 15.3 Å². The van der Waals surface area contributed by atoms with Crippen LogP contribution >= 0.6 is 0 Å². The molecule has 82 valence electrons. The largest absolute Gasteiger partial charge is 0.392 e. The molecule has 1 aromatic rings. The molecule has 0 heterocycles. The number of nitrogens with zero attached hydrogens (tertiary/aromatic N) is 1. The normalized spacial score (nSPS) is 9.80. The van der Waals surface area contributed by atoms with Crippen LogP contribution in [0, 0.1) is 0 Å². The van der Waals surface area contributed by atoms with E-state index in [1.807, 2.05) is 19.1 Å². The minimum Gasteiger partial charge on any atom is -0.392 e. The third-order valence-electron chi connectivity index (χ3n) is 2.25. The predicted octanol–water partition coefficient (Wildman–Crippen LogP) is 1.66. The third-order valence-corrected chi connectivity index (χ3v) is 2.25. The number of carbonyl (C=O) groups excluding carboxylic acids is 1. The van der Waals surface area contributed by atoms with Crippen molar-refractivity contribution in [3.05, 3.63) is 29.8 Å². The highest BCUT2D eigenvalue weighted by molar-refractivity contribution is 5.89. The number of amides is 2. The zero-order valence-electron chi connectivity index (χ0n) is 9.03. The van der Waals surface area contributed by atoms with Gasteiger partial charge in [-0.3, -0.25) is 0 Å². The van der Waals surface area contributed by atoms with Crippen LogP contribution in [-0.2, 0) is 6.61 Å². The molecule has 1 rings (SSSR count). The van der Waals surface area contributed by atoms with Crippen LogP contribution in [-0.4, -0.2) is 29.6 Å². The van der Waals surface area contributed by atoms with Gasteiger partial charge in [0.05, 0.1) is 6.61 Å². The van der Waals surface area contributed by atoms with Gasteiger partial charge in [0, 0.05) is 24.8 Å². The van der Waals surface area contributed by atoms with E-state index in [-0.39, 0.29) is 12.6 Å². The van der Waals surface area contributed by atoms with Crippen molar-refractivity contribution in [1.82, 2.24) is 4.90 Å². The monoisotopic (exact) mass is 208 g/mol. The number of hydrogen-bond acceptors (Lipinski definition) is 2. The topological polar surface area (TPSA) is 52.6 Å². The van der Waals surface area contributed by atoms with E-state index in [1.54, 1.807) is 24.1 Å². The van der Waals surface area contributed by atoms with Crippen LogP contribution in [0.5, 0.6) is 0 Å². The zero-order chi connectivity index (χ0) is 11.3. The molecule has 0 aliphatic heterocycles. The van der Waals surface area contributed by atoms with Crippen molar-refractivity contribution < 1.29 is 9.90 Å². The van der Waals surface area contributed by atoms with Crippen molar-refractivity contribution in [2.75, 3.05) is 18.9 Å². The van der Waals surface area contributed by atoms with Gasteiger partial charge in [0.2, 0.25) is 0 Å². The van der Waals surface area contributed by atoms with Crippen molar-refractivity contribution in [3.8, 4) is 0 Å². The van der Waals surface area contributed by atoms with E-state index in [4.69, 9.17) is 5.11 Å². The molecule has 0 saturated heterocycles. The molecule has 0 aliphatic carbocycles. The van der Waals surface area contributed by atoms with Crippen molar-refractivity contribution in [2.24, 2.45) is 0 Å². The Kier molecular flexibility index (Phi) is 4.12. The Morgan fingerprint density at radius 2 is 2.13 bits per heavy atom. The number of rotatable bonds is 3. The smallest absolute Gasteiger partial charge is 0.321 e. The summed E-state index contributed by atoms with van der Waals surface area (Å²) in [6, 6.07) is 7.03. The number of aliphatic hydroxyl groups is 1. The van der Waals surface area contributed by atoms with E-state index in [0.29, 0.717) is 12.2 Å². The van der Waals surface area contributed by atoms with E-state index in [1.165, 1.54) is 0 Å². The summed E-state index contributed by atoms with van der Waals surface area (Å²) in [6.45, 7) is 2.47. The van der Waals surface area contributed by atoms with Crippen LogP contribution in [0.1, 0.15) is 12.5 Å². The van der Waals surface area contributed by atoms with Gasteiger partial charge in [0.25, 0.3) is 0 Å². The Morgan fingerprint density at radius 1 is 1.47 bits per heavy atom. The van der Waals surface area contributed by atoms with Gasteiger partial charge in [0.15, 0.2) is 0 Å². The van der Waals surface area contributed by atoms with Crippen molar-refractivity contribution in [2.45, 2.75) is 13.5 Å². The van der Waals surface area contributed by atoms with Crippen LogP contribution in [0.2, 0.25) is 0 Å². The molecule has 0 saturated carbocycles. The van der Waals surface area contributed by atoms with Crippen LogP contribution in [0.4, 0.5) is 10.5 Å². The lowest BCUT2D eigenvalue weighted by Crippen LogP contribution is -2.31. The van der Waals surface area contributed by atoms with Gasteiger partial charge in [-0.25, -0.2) is 4.79 Å². The molecule has 0 radical (unpaired) electrons. The highest BCUT2D eigenvalue weighted by atomic mass is 16.3. The van der Waals surface area contributed by atoms with E-state index < -0.39 is 0 Å². The first kappa shape index (κ1) is 11.5. The first-order chi connectivity index (χ1) is 7.19. The minimum absolute atomic E-state index is 0.0771. The van der Waals surface area contributed by atoms with Crippen LogP contribution < -0.4 is 5.32 Å². The van der Waals surface area contributed by atoms with Crippen molar-refractivity contribution >= 4 is 11.7 Å². The summed E-state index contributed by atoms with van der Waals surface area (Å²) in [7, 11) is 1.72. The molecule has 4 nitrogen and oxygen atoms in total. The first-order valence-corrected chi connectivity index (χ1v) is 4.90. The van der Waals surface area contributed by atoms with Crippen molar-refractivity contribution in [1.29, 1.82) is 0 Å². The van der Waals surface area contributed by atoms with Gasteiger partial charge >= 0.3 is 6.03 Å². The second-order valence-electron chi connectivity index (χ2n) is 3.26. The van der Waals surface area contributed by atoms with Crippen LogP contribution in [0.15, 0.2) is 24.3 Å². The van der Waals surface area contributed by atoms with E-state index in [9.17, 15) is 4.79 Å². The fraction of sp³-hybridized carbons (Fsp3) is 0.364. The van der Waals surface area contributed by atoms with E-state index >= 15 is 0 Å².